The lowest BCUT2D eigenvalue weighted by Crippen LogP contribution is -2.24. The average Bonchev–Trinajstić information content (AvgIpc) is 0.783. The van der Waals surface area contributed by atoms with Gasteiger partial charge in [0.25, 0.3) is 27.8 Å². The van der Waals surface area contributed by atoms with Crippen molar-refractivity contribution in [2.45, 2.75) is 46.6 Å². The van der Waals surface area contributed by atoms with Gasteiger partial charge >= 0.3 is 0 Å². The summed E-state index contributed by atoms with van der Waals surface area (Å²) in [5.74, 6) is -2.51. The number of nitriles is 1. The van der Waals surface area contributed by atoms with Crippen LogP contribution in [-0.2, 0) is 32.7 Å². The van der Waals surface area contributed by atoms with E-state index in [0.29, 0.717) is 127 Å². The predicted molar refractivity (Wildman–Crippen MR) is 518 cm³/mol. The predicted octanol–water partition coefficient (Wildman–Crippen LogP) is 22.4. The van der Waals surface area contributed by atoms with E-state index in [1.54, 1.807) is 177 Å². The summed E-state index contributed by atoms with van der Waals surface area (Å²) >= 11 is 35.9. The molecule has 0 aliphatic heterocycles. The molecule has 20 aromatic rings. The Balaban J connectivity index is 0.000000121. The molecule has 10 aromatic heterocycles. The Hall–Kier alpha value is -15.3. The van der Waals surface area contributed by atoms with Crippen LogP contribution < -0.4 is 27.8 Å². The van der Waals surface area contributed by atoms with E-state index >= 15 is 0 Å². The van der Waals surface area contributed by atoms with Crippen LogP contribution in [0, 0.1) is 43.0 Å². The van der Waals surface area contributed by atoms with E-state index in [1.165, 1.54) is 29.5 Å². The van der Waals surface area contributed by atoms with Crippen LogP contribution in [0.3, 0.4) is 0 Å². The van der Waals surface area contributed by atoms with Crippen LogP contribution in [0.5, 0.6) is 0 Å². The summed E-state index contributed by atoms with van der Waals surface area (Å²) in [4.78, 5) is 84.2. The second kappa shape index (κ2) is 41.2. The average molecular weight is 1880 g/mol. The Morgan fingerprint density at radius 3 is 0.842 bits per heavy atom. The number of fused-ring (bicyclic) bond motifs is 5. The zero-order valence-corrected chi connectivity index (χ0v) is 74.8. The summed E-state index contributed by atoms with van der Waals surface area (Å²) in [6.45, 7) is 5.13. The van der Waals surface area contributed by atoms with Crippen molar-refractivity contribution >= 4 is 123 Å². The lowest BCUT2D eigenvalue weighted by Gasteiger charge is -2.12. The fourth-order valence-corrected chi connectivity index (χ4v) is 15.6. The van der Waals surface area contributed by atoms with E-state index in [0.717, 1.165) is 61.6 Å². The molecule has 0 radical (unpaired) electrons. The van der Waals surface area contributed by atoms with Gasteiger partial charge in [-0.2, -0.15) is 48.9 Å². The molecule has 0 fully saturated rings. The standard InChI is InChI=1S/C21H15ClFN3O.C21H13ClN4O.C21H16ClN3O.C20H13Cl2N3O.C20H12ClF2N3O/c1-13-6-11-18(20(23)24-13)19-16-4-2-3-5-17(16)21(27)26(25-19)12-14-7-9-15(22)10-8-14;22-15-9-7-14(8-10-15)13-26-21(27)17-5-2-1-4-16(17)20(25-26)18-6-3-11-24-19(18)12-23;1-14-17(7-4-12-23-14)20-18-5-2-3-6-19(18)21(26)25(24-20)13-15-8-10-16(22)11-9-15;21-14-9-7-13(8-10-14)12-25-20(26)16-5-2-1-4-15(16)18(24-25)17-6-3-11-23-19(17)22;21-13-7-5-12(6-8-13)11-26-20(27)15-4-2-1-3-14(15)18(25-26)16-9-10-17(22)24-19(16)23/h2-11H,12H2,1H3;1-11H,13H2;2-12H,13H2,1H3;1-11H,12H2;1-10H,11H2. The number of rotatable bonds is 15. The highest BCUT2D eigenvalue weighted by Gasteiger charge is 2.23. The third kappa shape index (κ3) is 20.9. The molecule has 0 amide bonds. The highest BCUT2D eigenvalue weighted by atomic mass is 35.5. The van der Waals surface area contributed by atoms with Gasteiger partial charge in [-0.3, -0.25) is 29.0 Å². The number of aryl methyl sites for hydroxylation is 2. The number of pyridine rings is 5. The normalized spacial score (nSPS) is 11.0. The maximum absolute atomic E-state index is 14.5. The Morgan fingerprint density at radius 2 is 0.541 bits per heavy atom. The topological polar surface area (TPSA) is 263 Å². The summed E-state index contributed by atoms with van der Waals surface area (Å²) in [6.07, 6.45) is 4.94. The third-order valence-corrected chi connectivity index (χ3v) is 22.9. The summed E-state index contributed by atoms with van der Waals surface area (Å²) in [5, 5.41) is 41.6. The van der Waals surface area contributed by atoms with Crippen molar-refractivity contribution < 1.29 is 13.2 Å². The summed E-state index contributed by atoms with van der Waals surface area (Å²) in [7, 11) is 0. The van der Waals surface area contributed by atoms with Gasteiger partial charge in [0.05, 0.1) is 70.8 Å². The van der Waals surface area contributed by atoms with Crippen molar-refractivity contribution in [3.8, 4) is 62.4 Å². The summed E-state index contributed by atoms with van der Waals surface area (Å²) in [5.41, 5.74) is 10.3. The molecule has 0 N–H and O–H groups in total. The van der Waals surface area contributed by atoms with E-state index < -0.39 is 17.8 Å². The first kappa shape index (κ1) is 91.0. The lowest BCUT2D eigenvalue weighted by atomic mass is 10.0. The van der Waals surface area contributed by atoms with Gasteiger partial charge in [0, 0.05) is 98.7 Å². The smallest absolute Gasteiger partial charge is 0.267 e. The van der Waals surface area contributed by atoms with Gasteiger partial charge in [-0.25, -0.2) is 38.4 Å². The molecule has 0 atom stereocenters. The van der Waals surface area contributed by atoms with Gasteiger partial charge in [0.1, 0.15) is 45.4 Å². The lowest BCUT2D eigenvalue weighted by molar-refractivity contribution is 0.514. The molecule has 30 heteroatoms. The summed E-state index contributed by atoms with van der Waals surface area (Å²) in [6, 6.07) is 91.1. The van der Waals surface area contributed by atoms with Crippen LogP contribution in [0.2, 0.25) is 30.3 Å². The first-order chi connectivity index (χ1) is 64.5. The molecule has 0 bridgehead atoms. The van der Waals surface area contributed by atoms with Gasteiger partial charge in [-0.1, -0.05) is 221 Å². The van der Waals surface area contributed by atoms with Crippen molar-refractivity contribution in [2.24, 2.45) is 0 Å². The van der Waals surface area contributed by atoms with E-state index in [2.05, 4.69) is 56.5 Å². The quantitative estimate of drug-likeness (QED) is 0.0864. The number of hydrogen-bond donors (Lipinski definition) is 0. The van der Waals surface area contributed by atoms with E-state index in [4.69, 9.17) is 69.6 Å². The molecule has 10 heterocycles. The van der Waals surface area contributed by atoms with Crippen LogP contribution in [-0.4, -0.2) is 73.8 Å². The number of benzene rings is 10. The molecule has 21 nitrogen and oxygen atoms in total. The first-order valence-corrected chi connectivity index (χ1v) is 43.3. The van der Waals surface area contributed by atoms with Crippen molar-refractivity contribution in [1.82, 2.24) is 73.8 Å². The molecule has 0 saturated heterocycles. The van der Waals surface area contributed by atoms with Crippen LogP contribution in [0.15, 0.2) is 346 Å². The maximum Gasteiger partial charge on any atom is 0.274 e. The second-order valence-corrected chi connectivity index (χ2v) is 32.7. The molecule has 0 aliphatic carbocycles. The van der Waals surface area contributed by atoms with Crippen molar-refractivity contribution in [2.75, 3.05) is 0 Å². The monoisotopic (exact) mass is 1880 g/mol. The van der Waals surface area contributed by atoms with Crippen molar-refractivity contribution in [3.05, 3.63) is 467 Å². The van der Waals surface area contributed by atoms with Crippen LogP contribution >= 0.6 is 69.6 Å². The van der Waals surface area contributed by atoms with Gasteiger partial charge in [0.15, 0.2) is 0 Å². The second-order valence-electron chi connectivity index (χ2n) is 30.2. The zero-order valence-electron chi connectivity index (χ0n) is 70.2. The van der Waals surface area contributed by atoms with E-state index in [9.17, 15) is 42.4 Å². The minimum atomic E-state index is -0.982. The molecule has 0 unspecified atom stereocenters. The molecule has 20 rings (SSSR count). The summed E-state index contributed by atoms with van der Waals surface area (Å²) < 4.78 is 49.0. The van der Waals surface area contributed by atoms with Gasteiger partial charge in [0.2, 0.25) is 17.8 Å². The zero-order chi connectivity index (χ0) is 92.9. The van der Waals surface area contributed by atoms with Crippen LogP contribution in [0.1, 0.15) is 44.9 Å². The molecular formula is C103H69Cl6F3N16O5. The highest BCUT2D eigenvalue weighted by Crippen LogP contribution is 2.34. The van der Waals surface area contributed by atoms with Crippen LogP contribution in [0.4, 0.5) is 13.2 Å². The number of hydrogen-bond acceptors (Lipinski definition) is 16. The van der Waals surface area contributed by atoms with Gasteiger partial charge < -0.3 is 0 Å². The fraction of sp³-hybridized carbons (Fsp3) is 0.0680. The SMILES string of the molecule is Cc1ccc(-c2nn(Cc3ccc(Cl)cc3)c(=O)c3ccccc23)c(F)n1.Cc1ncccc1-c1nn(Cc2ccc(Cl)cc2)c(=O)c2ccccc12.N#Cc1ncccc1-c1nn(Cc2ccc(Cl)cc2)c(=O)c2ccccc12.O=c1c2ccccc2c(-c2ccc(F)nc2F)nn1Cc1ccc(Cl)cc1.O=c1c2ccccc2c(-c2cccnc2Cl)nn1Cc1ccc(Cl)cc1. The maximum atomic E-state index is 14.5. The molecule has 133 heavy (non-hydrogen) atoms. The molecule has 10 aromatic carbocycles. The highest BCUT2D eigenvalue weighted by molar-refractivity contribution is 6.33. The van der Waals surface area contributed by atoms with Gasteiger partial charge in [-0.05, 0) is 193 Å². The number of halogens is 9. The molecular weight excluding hydrogens is 1810 g/mol. The fourth-order valence-electron chi connectivity index (χ4n) is 14.8. The van der Waals surface area contributed by atoms with Crippen LogP contribution in [0.25, 0.3) is 110 Å². The minimum absolute atomic E-state index is 0.0254. The Labute approximate surface area is 785 Å². The van der Waals surface area contributed by atoms with E-state index in [1.807, 2.05) is 146 Å². The third-order valence-electron chi connectivity index (χ3n) is 21.3. The molecule has 654 valence electrons. The number of aromatic nitrogens is 15. The Morgan fingerprint density at radius 1 is 0.278 bits per heavy atom. The van der Waals surface area contributed by atoms with E-state index in [-0.39, 0.29) is 63.4 Å². The molecule has 0 aliphatic rings. The Kier molecular flexibility index (Phi) is 28.2. The minimum Gasteiger partial charge on any atom is -0.267 e. The molecule has 0 saturated carbocycles. The molecule has 0 spiro atoms. The largest absolute Gasteiger partial charge is 0.274 e. The van der Waals surface area contributed by atoms with Gasteiger partial charge in [-0.15, -0.1) is 0 Å². The number of nitrogens with zero attached hydrogens (tertiary/aromatic N) is 16. The Bertz CT molecular complexity index is 7800. The van der Waals surface area contributed by atoms with Crippen molar-refractivity contribution in [3.63, 3.8) is 0 Å². The van der Waals surface area contributed by atoms with Crippen molar-refractivity contribution in [1.29, 1.82) is 5.26 Å². The first-order valence-electron chi connectivity index (χ1n) is 41.1.